The first-order chi connectivity index (χ1) is 7.31. The lowest BCUT2D eigenvalue weighted by Gasteiger charge is -2.16. The van der Waals surface area contributed by atoms with Gasteiger partial charge < -0.3 is 15.2 Å². The van der Waals surface area contributed by atoms with Gasteiger partial charge in [0.25, 0.3) is 0 Å². The second-order valence-electron chi connectivity index (χ2n) is 3.41. The number of benzene rings is 1. The first-order valence-corrected chi connectivity index (χ1v) is 5.30. The van der Waals surface area contributed by atoms with E-state index in [1.165, 1.54) is 5.56 Å². The third-order valence-electron chi connectivity index (χ3n) is 2.43. The van der Waals surface area contributed by atoms with E-state index in [0.29, 0.717) is 12.6 Å². The molecule has 0 fully saturated rings. The summed E-state index contributed by atoms with van der Waals surface area (Å²) in [6.45, 7) is 2.93. The minimum absolute atomic E-state index is 0.173. The first-order valence-electron chi connectivity index (χ1n) is 5.30. The fourth-order valence-corrected chi connectivity index (χ4v) is 1.57. The molecule has 0 unspecified atom stereocenters. The molecule has 0 aliphatic heterocycles. The molecule has 2 N–H and O–H groups in total. The SMILES string of the molecule is CC[C@@H](NCCO)c1ccc(OC)cc1. The summed E-state index contributed by atoms with van der Waals surface area (Å²) < 4.78 is 5.10. The van der Waals surface area contributed by atoms with Gasteiger partial charge in [0.05, 0.1) is 13.7 Å². The highest BCUT2D eigenvalue weighted by Gasteiger charge is 2.07. The van der Waals surface area contributed by atoms with E-state index >= 15 is 0 Å². The Labute approximate surface area is 91.1 Å². The zero-order valence-electron chi connectivity index (χ0n) is 9.36. The molecule has 15 heavy (non-hydrogen) atoms. The molecule has 3 heteroatoms. The van der Waals surface area contributed by atoms with Crippen molar-refractivity contribution in [3.63, 3.8) is 0 Å². The summed E-state index contributed by atoms with van der Waals surface area (Å²) in [5.41, 5.74) is 1.23. The van der Waals surface area contributed by atoms with Crippen LogP contribution in [-0.4, -0.2) is 25.4 Å². The summed E-state index contributed by atoms with van der Waals surface area (Å²) in [5, 5.41) is 12.0. The van der Waals surface area contributed by atoms with Crippen molar-refractivity contribution in [2.24, 2.45) is 0 Å². The van der Waals surface area contributed by atoms with Crippen LogP contribution in [-0.2, 0) is 0 Å². The number of ether oxygens (including phenoxy) is 1. The molecular weight excluding hydrogens is 190 g/mol. The normalized spacial score (nSPS) is 12.5. The second kappa shape index (κ2) is 6.43. The molecule has 1 rings (SSSR count). The van der Waals surface area contributed by atoms with E-state index in [-0.39, 0.29) is 6.61 Å². The minimum Gasteiger partial charge on any atom is -0.497 e. The maximum atomic E-state index is 8.76. The van der Waals surface area contributed by atoms with Gasteiger partial charge in [-0.1, -0.05) is 19.1 Å². The highest BCUT2D eigenvalue weighted by atomic mass is 16.5. The standard InChI is InChI=1S/C12H19NO2/c1-3-12(13-8-9-14)10-4-6-11(15-2)7-5-10/h4-7,12-14H,3,8-9H2,1-2H3/t12-/m1/s1. The number of methoxy groups -OCH3 is 1. The predicted molar refractivity (Wildman–Crippen MR) is 61.1 cm³/mol. The molecule has 0 saturated heterocycles. The molecule has 1 aromatic rings. The summed E-state index contributed by atoms with van der Waals surface area (Å²) in [7, 11) is 1.66. The van der Waals surface area contributed by atoms with Crippen molar-refractivity contribution < 1.29 is 9.84 Å². The topological polar surface area (TPSA) is 41.5 Å². The van der Waals surface area contributed by atoms with Crippen LogP contribution in [0.15, 0.2) is 24.3 Å². The van der Waals surface area contributed by atoms with Gasteiger partial charge in [0.1, 0.15) is 5.75 Å². The summed E-state index contributed by atoms with van der Waals surface area (Å²) in [6, 6.07) is 8.33. The molecule has 1 aromatic carbocycles. The van der Waals surface area contributed by atoms with E-state index in [4.69, 9.17) is 9.84 Å². The zero-order valence-corrected chi connectivity index (χ0v) is 9.36. The van der Waals surface area contributed by atoms with Crippen LogP contribution in [0.5, 0.6) is 5.75 Å². The molecule has 0 aromatic heterocycles. The van der Waals surface area contributed by atoms with Gasteiger partial charge in [-0.2, -0.15) is 0 Å². The van der Waals surface area contributed by atoms with Gasteiger partial charge >= 0.3 is 0 Å². The van der Waals surface area contributed by atoms with E-state index in [0.717, 1.165) is 12.2 Å². The largest absolute Gasteiger partial charge is 0.497 e. The van der Waals surface area contributed by atoms with Crippen molar-refractivity contribution >= 4 is 0 Å². The summed E-state index contributed by atoms with van der Waals surface area (Å²) in [4.78, 5) is 0. The highest BCUT2D eigenvalue weighted by molar-refractivity contribution is 5.29. The van der Waals surface area contributed by atoms with Crippen molar-refractivity contribution in [2.75, 3.05) is 20.3 Å². The Hall–Kier alpha value is -1.06. The van der Waals surface area contributed by atoms with Gasteiger partial charge in [0.15, 0.2) is 0 Å². The van der Waals surface area contributed by atoms with Gasteiger partial charge in [0, 0.05) is 12.6 Å². The number of aliphatic hydroxyl groups excluding tert-OH is 1. The van der Waals surface area contributed by atoms with E-state index in [1.54, 1.807) is 7.11 Å². The summed E-state index contributed by atoms with van der Waals surface area (Å²) in [5.74, 6) is 0.871. The van der Waals surface area contributed by atoms with Gasteiger partial charge in [-0.25, -0.2) is 0 Å². The lowest BCUT2D eigenvalue weighted by molar-refractivity contribution is 0.283. The number of hydrogen-bond acceptors (Lipinski definition) is 3. The van der Waals surface area contributed by atoms with Crippen LogP contribution in [0.4, 0.5) is 0 Å². The van der Waals surface area contributed by atoms with Gasteiger partial charge in [-0.3, -0.25) is 0 Å². The lowest BCUT2D eigenvalue weighted by Crippen LogP contribution is -2.23. The highest BCUT2D eigenvalue weighted by Crippen LogP contribution is 2.19. The Kier molecular flexibility index (Phi) is 5.15. The zero-order chi connectivity index (χ0) is 11.1. The average molecular weight is 209 g/mol. The summed E-state index contributed by atoms with van der Waals surface area (Å²) >= 11 is 0. The molecule has 0 bridgehead atoms. The number of hydrogen-bond donors (Lipinski definition) is 2. The van der Waals surface area contributed by atoms with Crippen molar-refractivity contribution in [3.8, 4) is 5.75 Å². The van der Waals surface area contributed by atoms with Crippen LogP contribution < -0.4 is 10.1 Å². The molecule has 0 saturated carbocycles. The average Bonchev–Trinajstić information content (AvgIpc) is 2.31. The Bertz CT molecular complexity index is 271. The quantitative estimate of drug-likeness (QED) is 0.749. The van der Waals surface area contributed by atoms with Crippen LogP contribution in [0.2, 0.25) is 0 Å². The predicted octanol–water partition coefficient (Wildman–Crippen LogP) is 1.73. The van der Waals surface area contributed by atoms with E-state index in [1.807, 2.05) is 12.1 Å². The van der Waals surface area contributed by atoms with Crippen LogP contribution in [0.1, 0.15) is 24.9 Å². The minimum atomic E-state index is 0.173. The number of nitrogens with one attached hydrogen (secondary N) is 1. The van der Waals surface area contributed by atoms with Gasteiger partial charge in [-0.05, 0) is 24.1 Å². The smallest absolute Gasteiger partial charge is 0.118 e. The summed E-state index contributed by atoms with van der Waals surface area (Å²) in [6.07, 6.45) is 1.01. The van der Waals surface area contributed by atoms with Crippen molar-refractivity contribution in [2.45, 2.75) is 19.4 Å². The van der Waals surface area contributed by atoms with Crippen LogP contribution in [0.25, 0.3) is 0 Å². The number of rotatable bonds is 6. The van der Waals surface area contributed by atoms with Crippen molar-refractivity contribution in [1.82, 2.24) is 5.32 Å². The Morgan fingerprint density at radius 2 is 2.00 bits per heavy atom. The maximum Gasteiger partial charge on any atom is 0.118 e. The van der Waals surface area contributed by atoms with Crippen LogP contribution in [0.3, 0.4) is 0 Å². The fourth-order valence-electron chi connectivity index (χ4n) is 1.57. The van der Waals surface area contributed by atoms with E-state index in [2.05, 4.69) is 24.4 Å². The van der Waals surface area contributed by atoms with E-state index < -0.39 is 0 Å². The molecule has 3 nitrogen and oxygen atoms in total. The molecule has 0 heterocycles. The monoisotopic (exact) mass is 209 g/mol. The molecule has 0 spiro atoms. The third kappa shape index (κ3) is 3.53. The molecule has 84 valence electrons. The first kappa shape index (κ1) is 12.0. The fraction of sp³-hybridized carbons (Fsp3) is 0.500. The van der Waals surface area contributed by atoms with Gasteiger partial charge in [0.2, 0.25) is 0 Å². The Morgan fingerprint density at radius 1 is 1.33 bits per heavy atom. The Balaban J connectivity index is 2.65. The third-order valence-corrected chi connectivity index (χ3v) is 2.43. The maximum absolute atomic E-state index is 8.76. The molecule has 1 atom stereocenters. The molecule has 0 amide bonds. The van der Waals surface area contributed by atoms with Crippen LogP contribution >= 0.6 is 0 Å². The Morgan fingerprint density at radius 3 is 2.47 bits per heavy atom. The molecule has 0 aliphatic carbocycles. The van der Waals surface area contributed by atoms with E-state index in [9.17, 15) is 0 Å². The van der Waals surface area contributed by atoms with Crippen molar-refractivity contribution in [1.29, 1.82) is 0 Å². The van der Waals surface area contributed by atoms with Gasteiger partial charge in [-0.15, -0.1) is 0 Å². The van der Waals surface area contributed by atoms with Crippen molar-refractivity contribution in [3.05, 3.63) is 29.8 Å². The molecule has 0 radical (unpaired) electrons. The second-order valence-corrected chi connectivity index (χ2v) is 3.41. The van der Waals surface area contributed by atoms with Crippen LogP contribution in [0, 0.1) is 0 Å². The molecule has 0 aliphatic rings. The number of aliphatic hydroxyl groups is 1. The lowest BCUT2D eigenvalue weighted by atomic mass is 10.0. The molecular formula is C12H19NO2.